The largest absolute Gasteiger partial charge is 0.323 e. The number of benzene rings is 1. The van der Waals surface area contributed by atoms with E-state index in [-0.39, 0.29) is 5.69 Å². The van der Waals surface area contributed by atoms with Crippen LogP contribution < -0.4 is 10.9 Å². The SMILES string of the molecule is Cc1ccc([N+](=O)[O-])cc1NC(=O)C(C)(C)n1nc(-c2cccs2)ccc1=O. The molecule has 3 aromatic rings. The fourth-order valence-electron chi connectivity index (χ4n) is 2.60. The van der Waals surface area contributed by atoms with E-state index in [1.165, 1.54) is 29.5 Å². The molecule has 0 spiro atoms. The number of nitrogens with one attached hydrogen (secondary N) is 1. The monoisotopic (exact) mass is 398 g/mol. The highest BCUT2D eigenvalue weighted by Gasteiger charge is 2.33. The van der Waals surface area contributed by atoms with Gasteiger partial charge in [-0.05, 0) is 43.8 Å². The quantitative estimate of drug-likeness (QED) is 0.522. The van der Waals surface area contributed by atoms with Crippen LogP contribution in [0.15, 0.2) is 52.6 Å². The molecule has 0 unspecified atom stereocenters. The van der Waals surface area contributed by atoms with Crippen LogP contribution in [0, 0.1) is 17.0 Å². The van der Waals surface area contributed by atoms with Gasteiger partial charge in [0.15, 0.2) is 0 Å². The number of hydrogen-bond acceptors (Lipinski definition) is 6. The van der Waals surface area contributed by atoms with E-state index < -0.39 is 21.9 Å². The predicted molar refractivity (Wildman–Crippen MR) is 108 cm³/mol. The van der Waals surface area contributed by atoms with Crippen LogP contribution in [0.5, 0.6) is 0 Å². The lowest BCUT2D eigenvalue weighted by Crippen LogP contribution is -2.47. The molecule has 0 saturated heterocycles. The van der Waals surface area contributed by atoms with Gasteiger partial charge in [0.25, 0.3) is 17.2 Å². The first-order valence-corrected chi connectivity index (χ1v) is 9.29. The van der Waals surface area contributed by atoms with Crippen molar-refractivity contribution in [1.29, 1.82) is 0 Å². The number of rotatable bonds is 5. The first-order chi connectivity index (χ1) is 13.2. The van der Waals surface area contributed by atoms with E-state index in [2.05, 4.69) is 10.4 Å². The Kier molecular flexibility index (Phi) is 5.10. The molecular formula is C19H18N4O4S. The standard InChI is InChI=1S/C19H18N4O4S/c1-12-6-7-13(23(26)27)11-15(12)20-18(25)19(2,3)22-17(24)9-8-14(21-22)16-5-4-10-28-16/h4-11H,1-3H3,(H,20,25). The fourth-order valence-corrected chi connectivity index (χ4v) is 3.29. The fraction of sp³-hybridized carbons (Fsp3) is 0.211. The van der Waals surface area contributed by atoms with E-state index in [1.807, 2.05) is 17.5 Å². The number of amides is 1. The molecule has 2 heterocycles. The molecule has 3 rings (SSSR count). The van der Waals surface area contributed by atoms with E-state index in [0.717, 1.165) is 9.56 Å². The van der Waals surface area contributed by atoms with Gasteiger partial charge in [0, 0.05) is 18.2 Å². The Hall–Kier alpha value is -3.33. The van der Waals surface area contributed by atoms with Crippen molar-refractivity contribution in [2.75, 3.05) is 5.32 Å². The molecule has 2 aromatic heterocycles. The summed E-state index contributed by atoms with van der Waals surface area (Å²) in [6.45, 7) is 4.87. The number of non-ortho nitro benzene ring substituents is 1. The van der Waals surface area contributed by atoms with Gasteiger partial charge in [0.2, 0.25) is 0 Å². The first-order valence-electron chi connectivity index (χ1n) is 8.41. The summed E-state index contributed by atoms with van der Waals surface area (Å²) in [7, 11) is 0. The Morgan fingerprint density at radius 3 is 2.64 bits per heavy atom. The molecule has 0 saturated carbocycles. The molecule has 1 amide bonds. The molecule has 0 fully saturated rings. The normalized spacial score (nSPS) is 11.2. The summed E-state index contributed by atoms with van der Waals surface area (Å²) in [6.07, 6.45) is 0. The zero-order valence-corrected chi connectivity index (χ0v) is 16.3. The van der Waals surface area contributed by atoms with Gasteiger partial charge in [-0.15, -0.1) is 11.3 Å². The maximum Gasteiger partial charge on any atom is 0.271 e. The number of carbonyl (C=O) groups is 1. The van der Waals surface area contributed by atoms with Crippen LogP contribution in [-0.2, 0) is 10.3 Å². The average Bonchev–Trinajstić information content (AvgIpc) is 3.18. The van der Waals surface area contributed by atoms with Gasteiger partial charge >= 0.3 is 0 Å². The summed E-state index contributed by atoms with van der Waals surface area (Å²) in [4.78, 5) is 36.7. The predicted octanol–water partition coefficient (Wildman–Crippen LogP) is 3.56. The minimum atomic E-state index is -1.32. The number of carbonyl (C=O) groups excluding carboxylic acids is 1. The molecule has 1 aromatic carbocycles. The molecule has 28 heavy (non-hydrogen) atoms. The Labute approximate surface area is 164 Å². The maximum atomic E-state index is 12.9. The molecule has 144 valence electrons. The second-order valence-corrected chi connectivity index (χ2v) is 7.66. The third kappa shape index (κ3) is 3.70. The van der Waals surface area contributed by atoms with Gasteiger partial charge in [-0.1, -0.05) is 12.1 Å². The van der Waals surface area contributed by atoms with Gasteiger partial charge in [0.05, 0.1) is 15.5 Å². The third-order valence-electron chi connectivity index (χ3n) is 4.34. The number of anilines is 1. The lowest BCUT2D eigenvalue weighted by Gasteiger charge is -2.25. The number of hydrogen-bond donors (Lipinski definition) is 1. The topological polar surface area (TPSA) is 107 Å². The average molecular weight is 398 g/mol. The van der Waals surface area contributed by atoms with Crippen molar-refractivity contribution in [2.24, 2.45) is 0 Å². The number of nitro benzene ring substituents is 1. The highest BCUT2D eigenvalue weighted by atomic mass is 32.1. The number of nitrogens with zero attached hydrogens (tertiary/aromatic N) is 3. The summed E-state index contributed by atoms with van der Waals surface area (Å²) in [6, 6.07) is 11.0. The van der Waals surface area contributed by atoms with Crippen molar-refractivity contribution < 1.29 is 9.72 Å². The van der Waals surface area contributed by atoms with E-state index in [4.69, 9.17) is 0 Å². The van der Waals surface area contributed by atoms with Crippen molar-refractivity contribution >= 4 is 28.6 Å². The minimum Gasteiger partial charge on any atom is -0.323 e. The lowest BCUT2D eigenvalue weighted by molar-refractivity contribution is -0.384. The smallest absolute Gasteiger partial charge is 0.271 e. The van der Waals surface area contributed by atoms with Crippen LogP contribution in [-0.4, -0.2) is 20.6 Å². The molecule has 9 heteroatoms. The Balaban J connectivity index is 1.96. The van der Waals surface area contributed by atoms with Crippen LogP contribution in [0.3, 0.4) is 0 Å². The molecule has 0 bridgehead atoms. The summed E-state index contributed by atoms with van der Waals surface area (Å²) >= 11 is 1.48. The van der Waals surface area contributed by atoms with Gasteiger partial charge in [-0.2, -0.15) is 5.10 Å². The maximum absolute atomic E-state index is 12.9. The Bertz CT molecular complexity index is 1100. The zero-order chi connectivity index (χ0) is 20.5. The van der Waals surface area contributed by atoms with Crippen molar-refractivity contribution in [3.63, 3.8) is 0 Å². The second-order valence-electron chi connectivity index (χ2n) is 6.72. The van der Waals surface area contributed by atoms with Crippen LogP contribution >= 0.6 is 11.3 Å². The van der Waals surface area contributed by atoms with Crippen LogP contribution in [0.25, 0.3) is 10.6 Å². The van der Waals surface area contributed by atoms with Crippen molar-refractivity contribution in [3.05, 3.63) is 73.9 Å². The Morgan fingerprint density at radius 1 is 1.25 bits per heavy atom. The number of thiophene rings is 1. The molecule has 8 nitrogen and oxygen atoms in total. The van der Waals surface area contributed by atoms with Crippen LogP contribution in [0.4, 0.5) is 11.4 Å². The Morgan fingerprint density at radius 2 is 2.00 bits per heavy atom. The van der Waals surface area contributed by atoms with Gasteiger partial charge < -0.3 is 5.32 Å². The van der Waals surface area contributed by atoms with Gasteiger partial charge in [0.1, 0.15) is 11.2 Å². The summed E-state index contributed by atoms with van der Waals surface area (Å²) in [5.41, 5.74) is -0.300. The lowest BCUT2D eigenvalue weighted by atomic mass is 10.0. The van der Waals surface area contributed by atoms with Crippen molar-refractivity contribution in [3.8, 4) is 10.6 Å². The number of aryl methyl sites for hydroxylation is 1. The summed E-state index contributed by atoms with van der Waals surface area (Å²) in [5, 5.41) is 19.9. The molecule has 0 aliphatic rings. The zero-order valence-electron chi connectivity index (χ0n) is 15.5. The third-order valence-corrected chi connectivity index (χ3v) is 5.23. The van der Waals surface area contributed by atoms with Gasteiger partial charge in [-0.3, -0.25) is 19.7 Å². The molecule has 1 N–H and O–H groups in total. The van der Waals surface area contributed by atoms with E-state index >= 15 is 0 Å². The molecule has 0 aliphatic heterocycles. The molecule has 0 radical (unpaired) electrons. The molecule has 0 atom stereocenters. The van der Waals surface area contributed by atoms with E-state index in [1.54, 1.807) is 32.9 Å². The minimum absolute atomic E-state index is 0.131. The second kappa shape index (κ2) is 7.35. The van der Waals surface area contributed by atoms with Crippen LogP contribution in [0.2, 0.25) is 0 Å². The summed E-state index contributed by atoms with van der Waals surface area (Å²) in [5.74, 6) is -0.506. The van der Waals surface area contributed by atoms with Gasteiger partial charge in [-0.25, -0.2) is 4.68 Å². The van der Waals surface area contributed by atoms with E-state index in [9.17, 15) is 19.7 Å². The molecule has 0 aliphatic carbocycles. The molecular weight excluding hydrogens is 380 g/mol. The number of aromatic nitrogens is 2. The van der Waals surface area contributed by atoms with E-state index in [0.29, 0.717) is 16.9 Å². The van der Waals surface area contributed by atoms with Crippen molar-refractivity contribution in [2.45, 2.75) is 26.3 Å². The van der Waals surface area contributed by atoms with Crippen LogP contribution in [0.1, 0.15) is 19.4 Å². The van der Waals surface area contributed by atoms with Crippen molar-refractivity contribution in [1.82, 2.24) is 9.78 Å². The highest BCUT2D eigenvalue weighted by Crippen LogP contribution is 2.25. The summed E-state index contributed by atoms with van der Waals surface area (Å²) < 4.78 is 1.13. The first kappa shape index (κ1) is 19.4. The highest BCUT2D eigenvalue weighted by molar-refractivity contribution is 7.13. The number of nitro groups is 1.